The van der Waals surface area contributed by atoms with E-state index in [1.807, 2.05) is 13.8 Å². The van der Waals surface area contributed by atoms with E-state index in [-0.39, 0.29) is 29.1 Å². The summed E-state index contributed by atoms with van der Waals surface area (Å²) in [5, 5.41) is 2.96. The van der Waals surface area contributed by atoms with Crippen LogP contribution in [0.25, 0.3) is 0 Å². The Morgan fingerprint density at radius 3 is 2.40 bits per heavy atom. The Balaban J connectivity index is 3.24. The molecule has 7 heteroatoms. The lowest BCUT2D eigenvalue weighted by molar-refractivity contribution is 0.472. The van der Waals surface area contributed by atoms with Crippen LogP contribution >= 0.6 is 11.6 Å². The van der Waals surface area contributed by atoms with Crippen molar-refractivity contribution in [1.82, 2.24) is 10.0 Å². The average Bonchev–Trinajstić information content (AvgIpc) is 2.32. The smallest absolute Gasteiger partial charge is 0.243 e. The summed E-state index contributed by atoms with van der Waals surface area (Å²) >= 11 is 5.88. The zero-order valence-electron chi connectivity index (χ0n) is 12.0. The molecular formula is C13H20ClFN2O2S. The summed E-state index contributed by atoms with van der Waals surface area (Å²) in [4.78, 5) is -0.414. The molecular weight excluding hydrogens is 303 g/mol. The Labute approximate surface area is 124 Å². The molecule has 0 radical (unpaired) electrons. The molecule has 1 aromatic rings. The van der Waals surface area contributed by atoms with Crippen LogP contribution in [-0.4, -0.2) is 21.5 Å². The van der Waals surface area contributed by atoms with Gasteiger partial charge in [0.25, 0.3) is 0 Å². The lowest BCUT2D eigenvalue weighted by Gasteiger charge is -2.18. The van der Waals surface area contributed by atoms with Crippen molar-refractivity contribution in [3.8, 4) is 0 Å². The van der Waals surface area contributed by atoms with Crippen LogP contribution in [0.2, 0.25) is 5.02 Å². The van der Waals surface area contributed by atoms with Crippen LogP contribution < -0.4 is 10.0 Å². The molecule has 1 aromatic carbocycles. The highest BCUT2D eigenvalue weighted by molar-refractivity contribution is 7.89. The lowest BCUT2D eigenvalue weighted by Crippen LogP contribution is -2.36. The molecule has 0 aliphatic heterocycles. The number of benzene rings is 1. The minimum atomic E-state index is -3.94. The van der Waals surface area contributed by atoms with E-state index in [0.717, 1.165) is 6.07 Å². The van der Waals surface area contributed by atoms with E-state index in [1.54, 1.807) is 14.0 Å². The first-order valence-electron chi connectivity index (χ1n) is 6.34. The maximum absolute atomic E-state index is 14.3. The minimum Gasteiger partial charge on any atom is -0.316 e. The van der Waals surface area contributed by atoms with Crippen molar-refractivity contribution >= 4 is 21.6 Å². The fraction of sp³-hybridized carbons (Fsp3) is 0.538. The van der Waals surface area contributed by atoms with Gasteiger partial charge in [0.15, 0.2) is 0 Å². The fourth-order valence-electron chi connectivity index (χ4n) is 1.58. The number of nitrogens with one attached hydrogen (secondary N) is 2. The number of hydrogen-bond acceptors (Lipinski definition) is 3. The van der Waals surface area contributed by atoms with Crippen LogP contribution in [0.15, 0.2) is 17.0 Å². The monoisotopic (exact) mass is 322 g/mol. The van der Waals surface area contributed by atoms with Gasteiger partial charge in [-0.1, -0.05) is 25.4 Å². The third-order valence-corrected chi connectivity index (χ3v) is 4.85. The standard InChI is InChI=1S/C13H20ClFN2O2S/c1-8(2)9(3)17-20(18,19)12-6-11(14)5-10(7-16-4)13(12)15/h5-6,8-9,16-17H,7H2,1-4H3. The van der Waals surface area contributed by atoms with Crippen molar-refractivity contribution in [3.05, 3.63) is 28.5 Å². The first-order chi connectivity index (χ1) is 9.19. The van der Waals surface area contributed by atoms with E-state index < -0.39 is 20.7 Å². The van der Waals surface area contributed by atoms with E-state index in [9.17, 15) is 12.8 Å². The van der Waals surface area contributed by atoms with Gasteiger partial charge in [-0.3, -0.25) is 0 Å². The topological polar surface area (TPSA) is 58.2 Å². The predicted octanol–water partition coefficient (Wildman–Crippen LogP) is 2.52. The molecule has 0 bridgehead atoms. The predicted molar refractivity (Wildman–Crippen MR) is 78.8 cm³/mol. The van der Waals surface area contributed by atoms with Crippen LogP contribution in [-0.2, 0) is 16.6 Å². The highest BCUT2D eigenvalue weighted by Gasteiger charge is 2.25. The van der Waals surface area contributed by atoms with Crippen LogP contribution in [0.5, 0.6) is 0 Å². The van der Waals surface area contributed by atoms with Crippen molar-refractivity contribution in [3.63, 3.8) is 0 Å². The van der Waals surface area contributed by atoms with Crippen LogP contribution in [0.1, 0.15) is 26.3 Å². The van der Waals surface area contributed by atoms with Gasteiger partial charge in [0.05, 0.1) is 0 Å². The van der Waals surface area contributed by atoms with E-state index in [0.29, 0.717) is 0 Å². The summed E-state index contributed by atoms with van der Waals surface area (Å²) in [5.74, 6) is -0.670. The van der Waals surface area contributed by atoms with Crippen LogP contribution in [0.4, 0.5) is 4.39 Å². The first kappa shape index (κ1) is 17.4. The second-order valence-electron chi connectivity index (χ2n) is 5.06. The molecule has 1 rings (SSSR count). The van der Waals surface area contributed by atoms with Crippen molar-refractivity contribution in [2.75, 3.05) is 7.05 Å². The summed E-state index contributed by atoms with van der Waals surface area (Å²) in [6.07, 6.45) is 0. The highest BCUT2D eigenvalue weighted by atomic mass is 35.5. The molecule has 0 fully saturated rings. The second kappa shape index (κ2) is 6.85. The Bertz CT molecular complexity index is 576. The normalized spacial score (nSPS) is 13.8. The summed E-state index contributed by atoms with van der Waals surface area (Å²) in [6, 6.07) is 2.25. The van der Waals surface area contributed by atoms with E-state index in [1.165, 1.54) is 6.07 Å². The van der Waals surface area contributed by atoms with E-state index in [4.69, 9.17) is 11.6 Å². The van der Waals surface area contributed by atoms with Crippen molar-refractivity contribution in [2.24, 2.45) is 5.92 Å². The van der Waals surface area contributed by atoms with Crippen molar-refractivity contribution < 1.29 is 12.8 Å². The molecule has 4 nitrogen and oxygen atoms in total. The third kappa shape index (κ3) is 4.15. The number of hydrogen-bond donors (Lipinski definition) is 2. The number of sulfonamides is 1. The summed E-state index contributed by atoms with van der Waals surface area (Å²) in [6.45, 7) is 5.70. The lowest BCUT2D eigenvalue weighted by atomic mass is 10.1. The van der Waals surface area contributed by atoms with E-state index in [2.05, 4.69) is 10.0 Å². The second-order valence-corrected chi connectivity index (χ2v) is 7.18. The van der Waals surface area contributed by atoms with E-state index >= 15 is 0 Å². The fourth-order valence-corrected chi connectivity index (χ4v) is 3.42. The van der Waals surface area contributed by atoms with Gasteiger partial charge >= 0.3 is 0 Å². The molecule has 1 atom stereocenters. The Morgan fingerprint density at radius 1 is 1.30 bits per heavy atom. The van der Waals surface area contributed by atoms with Gasteiger partial charge in [0, 0.05) is 23.2 Å². The third-order valence-electron chi connectivity index (χ3n) is 3.08. The zero-order chi connectivity index (χ0) is 15.5. The Kier molecular flexibility index (Phi) is 5.94. The van der Waals surface area contributed by atoms with Gasteiger partial charge in [-0.25, -0.2) is 17.5 Å². The van der Waals surface area contributed by atoms with Gasteiger partial charge < -0.3 is 5.32 Å². The quantitative estimate of drug-likeness (QED) is 0.846. The summed E-state index contributed by atoms with van der Waals surface area (Å²) < 4.78 is 41.2. The van der Waals surface area contributed by atoms with Gasteiger partial charge in [0.2, 0.25) is 10.0 Å². The molecule has 0 saturated heterocycles. The zero-order valence-corrected chi connectivity index (χ0v) is 13.6. The molecule has 0 heterocycles. The van der Waals surface area contributed by atoms with Crippen molar-refractivity contribution in [1.29, 1.82) is 0 Å². The largest absolute Gasteiger partial charge is 0.316 e. The van der Waals surface area contributed by atoms with Gasteiger partial charge in [0.1, 0.15) is 10.7 Å². The summed E-state index contributed by atoms with van der Waals surface area (Å²) in [7, 11) is -2.29. The van der Waals surface area contributed by atoms with Gasteiger partial charge in [-0.05, 0) is 32.0 Å². The van der Waals surface area contributed by atoms with Crippen molar-refractivity contribution in [2.45, 2.75) is 38.3 Å². The average molecular weight is 323 g/mol. The molecule has 20 heavy (non-hydrogen) atoms. The molecule has 0 aromatic heterocycles. The number of halogens is 2. The van der Waals surface area contributed by atoms with Crippen LogP contribution in [0, 0.1) is 11.7 Å². The number of rotatable bonds is 6. The Morgan fingerprint density at radius 2 is 1.90 bits per heavy atom. The molecule has 0 spiro atoms. The SMILES string of the molecule is CNCc1cc(Cl)cc(S(=O)(=O)NC(C)C(C)C)c1F. The summed E-state index contributed by atoms with van der Waals surface area (Å²) in [5.41, 5.74) is 0.220. The van der Waals surface area contributed by atoms with Gasteiger partial charge in [-0.2, -0.15) is 0 Å². The molecule has 0 aliphatic rings. The Hall–Kier alpha value is -0.690. The molecule has 1 unspecified atom stereocenters. The first-order valence-corrected chi connectivity index (χ1v) is 8.20. The van der Waals surface area contributed by atoms with Crippen LogP contribution in [0.3, 0.4) is 0 Å². The van der Waals surface area contributed by atoms with Gasteiger partial charge in [-0.15, -0.1) is 0 Å². The maximum Gasteiger partial charge on any atom is 0.243 e. The highest BCUT2D eigenvalue weighted by Crippen LogP contribution is 2.24. The molecule has 0 amide bonds. The molecule has 114 valence electrons. The molecule has 0 saturated carbocycles. The molecule has 0 aliphatic carbocycles. The maximum atomic E-state index is 14.3. The minimum absolute atomic E-state index is 0.101. The molecule has 2 N–H and O–H groups in total.